The van der Waals surface area contributed by atoms with Gasteiger partial charge in [0.1, 0.15) is 0 Å². The number of ketones is 1. The predicted octanol–water partition coefficient (Wildman–Crippen LogP) is 4.37. The van der Waals surface area contributed by atoms with Crippen molar-refractivity contribution in [3.8, 4) is 0 Å². The van der Waals surface area contributed by atoms with Crippen LogP contribution in [0, 0.1) is 0 Å². The molecule has 0 aliphatic heterocycles. The molecule has 0 aromatic heterocycles. The van der Waals surface area contributed by atoms with Crippen LogP contribution in [0.5, 0.6) is 0 Å². The molecule has 1 saturated carbocycles. The highest BCUT2D eigenvalue weighted by molar-refractivity contribution is 8.21. The van der Waals surface area contributed by atoms with Gasteiger partial charge in [0.25, 0.3) is 0 Å². The minimum absolute atomic E-state index is 0.234. The molecule has 1 aliphatic carbocycles. The molecule has 0 bridgehead atoms. The van der Waals surface area contributed by atoms with E-state index in [1.807, 2.05) is 48.9 Å². The van der Waals surface area contributed by atoms with Crippen LogP contribution in [0.2, 0.25) is 0 Å². The van der Waals surface area contributed by atoms with E-state index in [0.29, 0.717) is 0 Å². The first-order valence-corrected chi connectivity index (χ1v) is 8.32. The summed E-state index contributed by atoms with van der Waals surface area (Å²) >= 11 is 3.35. The topological polar surface area (TPSA) is 17.1 Å². The lowest BCUT2D eigenvalue weighted by Gasteiger charge is -2.03. The van der Waals surface area contributed by atoms with Crippen molar-refractivity contribution in [3.63, 3.8) is 0 Å². The van der Waals surface area contributed by atoms with Gasteiger partial charge in [0.15, 0.2) is 5.78 Å². The van der Waals surface area contributed by atoms with Gasteiger partial charge in [-0.3, -0.25) is 4.79 Å². The average molecular weight is 276 g/mol. The van der Waals surface area contributed by atoms with E-state index in [2.05, 4.69) is 0 Å². The lowest BCUT2D eigenvalue weighted by molar-refractivity contribution is -0.111. The fourth-order valence-electron chi connectivity index (χ4n) is 2.09. The molecule has 0 atom stereocenters. The molecule has 0 spiro atoms. The van der Waals surface area contributed by atoms with Gasteiger partial charge in [0.2, 0.25) is 0 Å². The Morgan fingerprint density at radius 2 is 1.78 bits per heavy atom. The van der Waals surface area contributed by atoms with Crippen molar-refractivity contribution in [1.29, 1.82) is 0 Å². The molecular weight excluding hydrogens is 260 g/mol. The highest BCUT2D eigenvalue weighted by Gasteiger charge is 2.25. The first-order chi connectivity index (χ1) is 8.76. The number of thioether (sulfide) groups is 2. The molecule has 0 amide bonds. The molecular formula is C15H16OS2. The van der Waals surface area contributed by atoms with Crippen LogP contribution in [0.4, 0.5) is 0 Å². The Hall–Kier alpha value is -0.930. The van der Waals surface area contributed by atoms with Crippen molar-refractivity contribution in [1.82, 2.24) is 0 Å². The van der Waals surface area contributed by atoms with Crippen LogP contribution >= 0.6 is 23.5 Å². The molecule has 2 rings (SSSR count). The normalized spacial score (nSPS) is 17.6. The lowest BCUT2D eigenvalue weighted by atomic mass is 10.1. The SMILES string of the molecule is CSC(SC)=C1CC/C(=C\c2ccccc2)C1=O. The molecule has 3 heteroatoms. The van der Waals surface area contributed by atoms with Crippen molar-refractivity contribution < 1.29 is 4.79 Å². The van der Waals surface area contributed by atoms with Gasteiger partial charge in [-0.2, -0.15) is 0 Å². The summed E-state index contributed by atoms with van der Waals surface area (Å²) in [6.45, 7) is 0. The molecule has 0 heterocycles. The number of hydrogen-bond acceptors (Lipinski definition) is 3. The van der Waals surface area contributed by atoms with E-state index in [0.717, 1.165) is 33.8 Å². The highest BCUT2D eigenvalue weighted by atomic mass is 32.2. The Morgan fingerprint density at radius 3 is 2.39 bits per heavy atom. The zero-order chi connectivity index (χ0) is 13.0. The van der Waals surface area contributed by atoms with E-state index < -0.39 is 0 Å². The Labute approximate surface area is 117 Å². The largest absolute Gasteiger partial charge is 0.289 e. The molecule has 0 N–H and O–H groups in total. The molecule has 0 radical (unpaired) electrons. The molecule has 1 fully saturated rings. The van der Waals surface area contributed by atoms with Crippen LogP contribution in [-0.4, -0.2) is 18.3 Å². The molecule has 18 heavy (non-hydrogen) atoms. The molecule has 1 aromatic rings. The van der Waals surface area contributed by atoms with Gasteiger partial charge in [-0.1, -0.05) is 30.3 Å². The number of benzene rings is 1. The number of carbonyl (C=O) groups is 1. The van der Waals surface area contributed by atoms with Crippen molar-refractivity contribution in [3.05, 3.63) is 51.3 Å². The fraction of sp³-hybridized carbons (Fsp3) is 0.267. The molecule has 1 aromatic carbocycles. The Balaban J connectivity index is 2.28. The second-order valence-corrected chi connectivity index (χ2v) is 5.98. The molecule has 0 saturated heterocycles. The number of hydrogen-bond donors (Lipinski definition) is 0. The lowest BCUT2D eigenvalue weighted by Crippen LogP contribution is -1.97. The van der Waals surface area contributed by atoms with Crippen LogP contribution in [0.15, 0.2) is 45.7 Å². The van der Waals surface area contributed by atoms with E-state index in [1.165, 1.54) is 0 Å². The smallest absolute Gasteiger partial charge is 0.186 e. The average Bonchev–Trinajstić information content (AvgIpc) is 2.75. The maximum absolute atomic E-state index is 12.3. The minimum Gasteiger partial charge on any atom is -0.289 e. The summed E-state index contributed by atoms with van der Waals surface area (Å²) in [7, 11) is 0. The summed E-state index contributed by atoms with van der Waals surface area (Å²) < 4.78 is 1.16. The Bertz CT molecular complexity index is 494. The maximum Gasteiger partial charge on any atom is 0.186 e. The Kier molecular flexibility index (Phi) is 4.72. The highest BCUT2D eigenvalue weighted by Crippen LogP contribution is 2.37. The molecule has 0 unspecified atom stereocenters. The number of carbonyl (C=O) groups excluding carboxylic acids is 1. The van der Waals surface area contributed by atoms with Gasteiger partial charge in [-0.25, -0.2) is 0 Å². The van der Waals surface area contributed by atoms with Gasteiger partial charge in [0, 0.05) is 15.4 Å². The fourth-order valence-corrected chi connectivity index (χ4v) is 3.64. The second-order valence-electron chi connectivity index (χ2n) is 4.08. The minimum atomic E-state index is 0.234. The molecule has 1 nitrogen and oxygen atoms in total. The molecule has 1 aliphatic rings. The van der Waals surface area contributed by atoms with Crippen LogP contribution in [0.25, 0.3) is 6.08 Å². The van der Waals surface area contributed by atoms with Crippen molar-refractivity contribution in [2.24, 2.45) is 0 Å². The summed E-state index contributed by atoms with van der Waals surface area (Å²) in [5.41, 5.74) is 3.05. The van der Waals surface area contributed by atoms with Crippen LogP contribution in [0.1, 0.15) is 18.4 Å². The van der Waals surface area contributed by atoms with E-state index in [9.17, 15) is 4.79 Å². The monoisotopic (exact) mass is 276 g/mol. The number of allylic oxidation sites excluding steroid dienone is 2. The third-order valence-corrected chi connectivity index (χ3v) is 5.20. The maximum atomic E-state index is 12.3. The van der Waals surface area contributed by atoms with E-state index in [1.54, 1.807) is 23.5 Å². The van der Waals surface area contributed by atoms with Gasteiger partial charge in [-0.15, -0.1) is 23.5 Å². The first-order valence-electron chi connectivity index (χ1n) is 5.87. The predicted molar refractivity (Wildman–Crippen MR) is 82.7 cm³/mol. The third-order valence-electron chi connectivity index (χ3n) is 2.97. The van der Waals surface area contributed by atoms with E-state index >= 15 is 0 Å². The summed E-state index contributed by atoms with van der Waals surface area (Å²) in [5, 5.41) is 0. The quantitative estimate of drug-likeness (QED) is 0.763. The van der Waals surface area contributed by atoms with Gasteiger partial charge in [-0.05, 0) is 37.0 Å². The standard InChI is InChI=1S/C15H16OS2/c1-17-15(18-2)13-9-8-12(14(13)16)10-11-6-4-3-5-7-11/h3-7,10H,8-9H2,1-2H3/b12-10+. The van der Waals surface area contributed by atoms with Crippen molar-refractivity contribution >= 4 is 35.4 Å². The summed E-state index contributed by atoms with van der Waals surface area (Å²) in [4.78, 5) is 12.3. The zero-order valence-electron chi connectivity index (χ0n) is 10.6. The number of Topliss-reactive ketones (excluding diaryl/α,β-unsaturated/α-hetero) is 1. The zero-order valence-corrected chi connectivity index (χ0v) is 12.2. The van der Waals surface area contributed by atoms with Gasteiger partial charge < -0.3 is 0 Å². The second kappa shape index (κ2) is 6.30. The van der Waals surface area contributed by atoms with Crippen LogP contribution in [0.3, 0.4) is 0 Å². The van der Waals surface area contributed by atoms with Crippen LogP contribution in [-0.2, 0) is 4.79 Å². The van der Waals surface area contributed by atoms with Crippen molar-refractivity contribution in [2.45, 2.75) is 12.8 Å². The van der Waals surface area contributed by atoms with Gasteiger partial charge >= 0.3 is 0 Å². The van der Waals surface area contributed by atoms with E-state index in [4.69, 9.17) is 0 Å². The van der Waals surface area contributed by atoms with Gasteiger partial charge in [0.05, 0.1) is 0 Å². The molecule has 94 valence electrons. The Morgan fingerprint density at radius 1 is 1.11 bits per heavy atom. The first kappa shape index (κ1) is 13.5. The van der Waals surface area contributed by atoms with Crippen molar-refractivity contribution in [2.75, 3.05) is 12.5 Å². The van der Waals surface area contributed by atoms with Crippen LogP contribution < -0.4 is 0 Å². The number of rotatable bonds is 3. The summed E-state index contributed by atoms with van der Waals surface area (Å²) in [6, 6.07) is 10.1. The van der Waals surface area contributed by atoms with E-state index in [-0.39, 0.29) is 5.78 Å². The summed E-state index contributed by atoms with van der Waals surface area (Å²) in [5.74, 6) is 0.234. The summed E-state index contributed by atoms with van der Waals surface area (Å²) in [6.07, 6.45) is 7.84. The third kappa shape index (κ3) is 2.90.